The van der Waals surface area contributed by atoms with E-state index < -0.39 is 0 Å². The predicted octanol–water partition coefficient (Wildman–Crippen LogP) is 3.72. The monoisotopic (exact) mass is 440 g/mol. The van der Waals surface area contributed by atoms with Crippen molar-refractivity contribution in [1.82, 2.24) is 10.6 Å². The molecule has 5 rings (SSSR count). The van der Waals surface area contributed by atoms with Gasteiger partial charge in [0.15, 0.2) is 5.11 Å². The number of amides is 1. The van der Waals surface area contributed by atoms with E-state index in [9.17, 15) is 4.79 Å². The van der Waals surface area contributed by atoms with Crippen LogP contribution in [0.15, 0.2) is 24.3 Å². The SMILES string of the molecule is O=C(NC(=S)NC1C2CC3CC(C2)CC1C3)c1ccccc1I. The minimum atomic E-state index is -0.115. The molecule has 0 radical (unpaired) electrons. The summed E-state index contributed by atoms with van der Waals surface area (Å²) in [6.45, 7) is 0. The Kier molecular flexibility index (Phi) is 4.34. The number of hydrogen-bond acceptors (Lipinski definition) is 2. The van der Waals surface area contributed by atoms with E-state index in [1.807, 2.05) is 24.3 Å². The molecule has 4 aliphatic rings. The standard InChI is InChI=1S/C18H21IN2OS/c19-15-4-2-1-3-14(15)17(22)21-18(23)20-16-12-6-10-5-11(8-12)9-13(16)7-10/h1-4,10-13,16H,5-9H2,(H2,20,21,22,23). The second kappa shape index (κ2) is 6.31. The highest BCUT2D eigenvalue weighted by Gasteiger charge is 2.48. The number of nitrogens with one attached hydrogen (secondary N) is 2. The Bertz CT molecular complexity index is 620. The molecule has 2 N–H and O–H groups in total. The van der Waals surface area contributed by atoms with Gasteiger partial charge in [0.2, 0.25) is 0 Å². The maximum absolute atomic E-state index is 12.4. The first kappa shape index (κ1) is 15.8. The molecule has 0 spiro atoms. The molecule has 3 nitrogen and oxygen atoms in total. The molecule has 4 aliphatic carbocycles. The van der Waals surface area contributed by atoms with Crippen LogP contribution in [0.1, 0.15) is 42.5 Å². The summed E-state index contributed by atoms with van der Waals surface area (Å²) >= 11 is 7.61. The summed E-state index contributed by atoms with van der Waals surface area (Å²) in [5.74, 6) is 3.28. The normalized spacial score (nSPS) is 34.2. The van der Waals surface area contributed by atoms with E-state index in [0.29, 0.717) is 16.7 Å². The third kappa shape index (κ3) is 3.14. The van der Waals surface area contributed by atoms with Crippen LogP contribution in [0.4, 0.5) is 0 Å². The zero-order chi connectivity index (χ0) is 16.0. The third-order valence-electron chi connectivity index (χ3n) is 5.87. The topological polar surface area (TPSA) is 41.1 Å². The minimum Gasteiger partial charge on any atom is -0.359 e. The van der Waals surface area contributed by atoms with E-state index in [-0.39, 0.29) is 5.91 Å². The number of rotatable bonds is 2. The van der Waals surface area contributed by atoms with E-state index in [4.69, 9.17) is 12.2 Å². The average molecular weight is 440 g/mol. The second-order valence-electron chi connectivity index (χ2n) is 7.36. The summed E-state index contributed by atoms with van der Waals surface area (Å²) in [4.78, 5) is 12.4. The fourth-order valence-corrected chi connectivity index (χ4v) is 6.03. The lowest BCUT2D eigenvalue weighted by atomic mass is 9.54. The first-order valence-electron chi connectivity index (χ1n) is 8.46. The van der Waals surface area contributed by atoms with Crippen molar-refractivity contribution in [3.8, 4) is 0 Å². The highest BCUT2D eigenvalue weighted by atomic mass is 127. The maximum Gasteiger partial charge on any atom is 0.258 e. The summed E-state index contributed by atoms with van der Waals surface area (Å²) < 4.78 is 0.944. The van der Waals surface area contributed by atoms with Crippen molar-refractivity contribution in [1.29, 1.82) is 0 Å². The quantitative estimate of drug-likeness (QED) is 0.544. The molecule has 1 aromatic carbocycles. The van der Waals surface area contributed by atoms with Crippen LogP contribution in [0.3, 0.4) is 0 Å². The van der Waals surface area contributed by atoms with Crippen LogP contribution in [0.25, 0.3) is 0 Å². The molecule has 1 amide bonds. The van der Waals surface area contributed by atoms with Crippen LogP contribution in [0.5, 0.6) is 0 Å². The minimum absolute atomic E-state index is 0.115. The number of thiocarbonyl (C=S) groups is 1. The number of benzene rings is 1. The molecule has 122 valence electrons. The van der Waals surface area contributed by atoms with E-state index >= 15 is 0 Å². The fourth-order valence-electron chi connectivity index (χ4n) is 5.16. The van der Waals surface area contributed by atoms with E-state index in [1.54, 1.807) is 0 Å². The van der Waals surface area contributed by atoms with Gasteiger partial charge >= 0.3 is 0 Å². The highest BCUT2D eigenvalue weighted by Crippen LogP contribution is 2.53. The molecular formula is C18H21IN2OS. The molecule has 0 atom stereocenters. The molecule has 4 fully saturated rings. The van der Waals surface area contributed by atoms with Gasteiger partial charge in [-0.2, -0.15) is 0 Å². The summed E-state index contributed by atoms with van der Waals surface area (Å²) in [5, 5.41) is 6.84. The lowest BCUT2D eigenvalue weighted by molar-refractivity contribution is -0.00692. The summed E-state index contributed by atoms with van der Waals surface area (Å²) in [7, 11) is 0. The molecule has 4 bridgehead atoms. The Morgan fingerprint density at radius 3 is 2.26 bits per heavy atom. The molecule has 0 unspecified atom stereocenters. The first-order chi connectivity index (χ1) is 11.1. The Morgan fingerprint density at radius 1 is 1.04 bits per heavy atom. The molecular weight excluding hydrogens is 419 g/mol. The largest absolute Gasteiger partial charge is 0.359 e. The van der Waals surface area contributed by atoms with Gasteiger partial charge in [-0.15, -0.1) is 0 Å². The van der Waals surface area contributed by atoms with Gasteiger partial charge in [0, 0.05) is 9.61 Å². The number of hydrogen-bond donors (Lipinski definition) is 2. The lowest BCUT2D eigenvalue weighted by Gasteiger charge is -2.54. The average Bonchev–Trinajstić information content (AvgIpc) is 2.50. The van der Waals surface area contributed by atoms with Gasteiger partial charge in [0.05, 0.1) is 5.56 Å². The lowest BCUT2D eigenvalue weighted by Crippen LogP contribution is -2.57. The van der Waals surface area contributed by atoms with E-state index in [2.05, 4.69) is 33.2 Å². The first-order valence-corrected chi connectivity index (χ1v) is 9.95. The highest BCUT2D eigenvalue weighted by molar-refractivity contribution is 14.1. The van der Waals surface area contributed by atoms with Gasteiger partial charge in [0.25, 0.3) is 5.91 Å². The van der Waals surface area contributed by atoms with Gasteiger partial charge in [-0.05, 0) is 103 Å². The van der Waals surface area contributed by atoms with Crippen molar-refractivity contribution in [2.24, 2.45) is 23.7 Å². The van der Waals surface area contributed by atoms with Crippen LogP contribution < -0.4 is 10.6 Å². The molecule has 4 saturated carbocycles. The van der Waals surface area contributed by atoms with Gasteiger partial charge in [-0.25, -0.2) is 0 Å². The summed E-state index contributed by atoms with van der Waals surface area (Å²) in [6.07, 6.45) is 6.83. The van der Waals surface area contributed by atoms with Crippen molar-refractivity contribution in [2.45, 2.75) is 38.1 Å². The van der Waals surface area contributed by atoms with Crippen molar-refractivity contribution in [3.63, 3.8) is 0 Å². The molecule has 1 aromatic rings. The Morgan fingerprint density at radius 2 is 1.65 bits per heavy atom. The third-order valence-corrected chi connectivity index (χ3v) is 7.03. The number of carbonyl (C=O) groups is 1. The van der Waals surface area contributed by atoms with Gasteiger partial charge < -0.3 is 5.32 Å². The van der Waals surface area contributed by atoms with Gasteiger partial charge in [-0.3, -0.25) is 10.1 Å². The maximum atomic E-state index is 12.4. The van der Waals surface area contributed by atoms with Gasteiger partial charge in [-0.1, -0.05) is 12.1 Å². The molecule has 0 aliphatic heterocycles. The molecule has 5 heteroatoms. The van der Waals surface area contributed by atoms with E-state index in [0.717, 1.165) is 27.2 Å². The zero-order valence-corrected chi connectivity index (χ0v) is 15.9. The second-order valence-corrected chi connectivity index (χ2v) is 8.93. The molecule has 0 saturated heterocycles. The van der Waals surface area contributed by atoms with Crippen LogP contribution in [0, 0.1) is 27.2 Å². The van der Waals surface area contributed by atoms with E-state index in [1.165, 1.54) is 32.1 Å². The summed E-state index contributed by atoms with van der Waals surface area (Å²) in [5.41, 5.74) is 0.683. The van der Waals surface area contributed by atoms with Crippen LogP contribution in [-0.2, 0) is 0 Å². The van der Waals surface area contributed by atoms with Crippen molar-refractivity contribution < 1.29 is 4.79 Å². The Balaban J connectivity index is 1.39. The Labute approximate surface area is 156 Å². The molecule has 0 aromatic heterocycles. The predicted molar refractivity (Wildman–Crippen MR) is 103 cm³/mol. The van der Waals surface area contributed by atoms with Crippen LogP contribution in [-0.4, -0.2) is 17.1 Å². The van der Waals surface area contributed by atoms with Gasteiger partial charge in [0.1, 0.15) is 0 Å². The molecule has 23 heavy (non-hydrogen) atoms. The number of halogens is 1. The van der Waals surface area contributed by atoms with Crippen molar-refractivity contribution in [3.05, 3.63) is 33.4 Å². The van der Waals surface area contributed by atoms with Crippen molar-refractivity contribution in [2.75, 3.05) is 0 Å². The zero-order valence-electron chi connectivity index (χ0n) is 12.9. The smallest absolute Gasteiger partial charge is 0.258 e. The fraction of sp³-hybridized carbons (Fsp3) is 0.556. The van der Waals surface area contributed by atoms with Crippen LogP contribution >= 0.6 is 34.8 Å². The van der Waals surface area contributed by atoms with Crippen molar-refractivity contribution >= 4 is 45.8 Å². The van der Waals surface area contributed by atoms with Crippen LogP contribution in [0.2, 0.25) is 0 Å². The summed E-state index contributed by atoms with van der Waals surface area (Å²) in [6, 6.07) is 8.05. The number of carbonyl (C=O) groups excluding carboxylic acids is 1. The Hall–Kier alpha value is -0.690. The molecule has 0 heterocycles.